The third-order valence-electron chi connectivity index (χ3n) is 5.57. The van der Waals surface area contributed by atoms with Gasteiger partial charge in [0.2, 0.25) is 0 Å². The molecule has 0 radical (unpaired) electrons. The average molecular weight is 512 g/mol. The van der Waals surface area contributed by atoms with Gasteiger partial charge in [-0.15, -0.1) is 0 Å². The highest BCUT2D eigenvalue weighted by molar-refractivity contribution is 8.14. The first kappa shape index (κ1) is 26.2. The molecule has 1 aromatic carbocycles. The third kappa shape index (κ3) is 5.81. The topological polar surface area (TPSA) is 53.9 Å². The van der Waals surface area contributed by atoms with Crippen molar-refractivity contribution in [2.75, 3.05) is 34.8 Å². The number of hydrogen-bond acceptors (Lipinski definition) is 5. The van der Waals surface area contributed by atoms with Gasteiger partial charge in [-0.2, -0.15) is 23.7 Å². The molecule has 0 aliphatic carbocycles. The fraction of sp³-hybridized carbons (Fsp3) is 0.417. The first-order valence-electron chi connectivity index (χ1n) is 11.1. The van der Waals surface area contributed by atoms with Crippen LogP contribution in [0, 0.1) is 13.8 Å². The van der Waals surface area contributed by atoms with Crippen LogP contribution in [0.15, 0.2) is 24.3 Å². The molecule has 5 nitrogen and oxygen atoms in total. The van der Waals surface area contributed by atoms with Crippen LogP contribution in [-0.2, 0) is 12.7 Å². The van der Waals surface area contributed by atoms with Crippen molar-refractivity contribution in [3.05, 3.63) is 51.9 Å². The normalized spacial score (nSPS) is 14.6. The summed E-state index contributed by atoms with van der Waals surface area (Å²) in [6.45, 7) is 9.10. The van der Waals surface area contributed by atoms with E-state index < -0.39 is 11.7 Å². The molecule has 3 aromatic rings. The molecule has 10 heteroatoms. The van der Waals surface area contributed by atoms with Crippen LogP contribution in [0.3, 0.4) is 0 Å². The van der Waals surface area contributed by atoms with E-state index in [0.717, 1.165) is 36.3 Å². The fourth-order valence-corrected chi connectivity index (χ4v) is 5.20. The number of anilines is 2. The van der Waals surface area contributed by atoms with E-state index in [0.29, 0.717) is 33.4 Å². The first-order chi connectivity index (χ1) is 16.1. The van der Waals surface area contributed by atoms with Crippen molar-refractivity contribution in [1.82, 2.24) is 15.0 Å². The van der Waals surface area contributed by atoms with Gasteiger partial charge < -0.3 is 10.2 Å². The Labute approximate surface area is 205 Å². The largest absolute Gasteiger partial charge is 0.416 e. The van der Waals surface area contributed by atoms with Crippen molar-refractivity contribution in [2.45, 2.75) is 40.4 Å². The molecule has 0 saturated carbocycles. The number of nitrogens with zero attached hydrogens (tertiary/aromatic N) is 4. The molecule has 0 unspecified atom stereocenters. The minimum Gasteiger partial charge on any atom is -0.367 e. The van der Waals surface area contributed by atoms with Crippen LogP contribution in [0.1, 0.15) is 36.4 Å². The van der Waals surface area contributed by atoms with Crippen molar-refractivity contribution in [2.24, 2.45) is 0 Å². The average Bonchev–Trinajstić information content (AvgIpc) is 2.79. The van der Waals surface area contributed by atoms with E-state index in [1.807, 2.05) is 19.9 Å². The standard InChI is InChI=1S/C22H23ClF3N5S.C2H6/c1-13-15(5-4-6-17(13)22(24,25)26)12-27-20-16-11-18(31-7-9-32(3)10-8-31)19(23)30-21(16)29-14(2)28-20;1-2/h4-6,11H,3,7-10,12H2,1-2H3,(H,27,28,29,30);1-2H3. The maximum absolute atomic E-state index is 13.3. The zero-order chi connectivity index (χ0) is 25.0. The van der Waals surface area contributed by atoms with Crippen LogP contribution >= 0.6 is 22.1 Å². The highest BCUT2D eigenvalue weighted by Gasteiger charge is 2.32. The number of aryl methyl sites for hydroxylation is 1. The van der Waals surface area contributed by atoms with Gasteiger partial charge in [0, 0.05) is 31.1 Å². The number of rotatable bonds is 4. The van der Waals surface area contributed by atoms with Gasteiger partial charge in [0.25, 0.3) is 0 Å². The Bertz CT molecular complexity index is 1190. The minimum atomic E-state index is -4.39. The number of aromatic nitrogens is 3. The molecule has 34 heavy (non-hydrogen) atoms. The van der Waals surface area contributed by atoms with E-state index >= 15 is 0 Å². The molecule has 4 rings (SSSR count). The summed E-state index contributed by atoms with van der Waals surface area (Å²) in [4.78, 5) is 15.5. The van der Waals surface area contributed by atoms with Crippen LogP contribution in [-0.4, -0.2) is 45.4 Å². The smallest absolute Gasteiger partial charge is 0.367 e. The summed E-state index contributed by atoms with van der Waals surface area (Å²) >= 11 is 6.48. The number of fused-ring (bicyclic) bond motifs is 1. The summed E-state index contributed by atoms with van der Waals surface area (Å²) in [5.41, 5.74) is 1.36. The maximum atomic E-state index is 13.3. The molecule has 1 saturated heterocycles. The molecule has 184 valence electrons. The van der Waals surface area contributed by atoms with Crippen molar-refractivity contribution in [1.29, 1.82) is 0 Å². The zero-order valence-electron chi connectivity index (χ0n) is 19.8. The Kier molecular flexibility index (Phi) is 8.41. The van der Waals surface area contributed by atoms with Gasteiger partial charge in [0.05, 0.1) is 16.6 Å². The second kappa shape index (κ2) is 10.9. The van der Waals surface area contributed by atoms with Gasteiger partial charge >= 0.3 is 6.18 Å². The SMILES string of the molecule is C=S1CCN(c2cc3c(NCc4cccc(C(F)(F)F)c4C)nc(C)nc3nc2Cl)CC1.CC. The van der Waals surface area contributed by atoms with E-state index in [-0.39, 0.29) is 22.6 Å². The quantitative estimate of drug-likeness (QED) is 0.321. The molecular formula is C24H29ClF3N5S. The van der Waals surface area contributed by atoms with Gasteiger partial charge in [-0.05, 0) is 37.1 Å². The number of benzene rings is 1. The van der Waals surface area contributed by atoms with E-state index in [1.165, 1.54) is 13.0 Å². The predicted octanol–water partition coefficient (Wildman–Crippen LogP) is 6.47. The Morgan fingerprint density at radius 1 is 1.12 bits per heavy atom. The third-order valence-corrected chi connectivity index (χ3v) is 7.37. The van der Waals surface area contributed by atoms with E-state index in [4.69, 9.17) is 11.6 Å². The molecule has 1 aliphatic rings. The second-order valence-electron chi connectivity index (χ2n) is 7.74. The summed E-state index contributed by atoms with van der Waals surface area (Å²) in [7, 11) is 0.167. The van der Waals surface area contributed by atoms with Gasteiger partial charge in [-0.1, -0.05) is 43.5 Å². The molecule has 0 spiro atoms. The summed E-state index contributed by atoms with van der Waals surface area (Å²) in [5, 5.41) is 4.25. The molecular weight excluding hydrogens is 483 g/mol. The molecule has 0 bridgehead atoms. The van der Waals surface area contributed by atoms with Crippen molar-refractivity contribution < 1.29 is 13.2 Å². The molecule has 0 atom stereocenters. The second-order valence-corrected chi connectivity index (χ2v) is 10.1. The number of hydrogen-bond donors (Lipinski definition) is 1. The van der Waals surface area contributed by atoms with E-state index in [9.17, 15) is 13.2 Å². The van der Waals surface area contributed by atoms with E-state index in [1.54, 1.807) is 13.0 Å². The Balaban J connectivity index is 0.00000158. The molecule has 1 N–H and O–H groups in total. The van der Waals surface area contributed by atoms with Crippen molar-refractivity contribution >= 4 is 50.5 Å². The number of halogens is 4. The predicted molar refractivity (Wildman–Crippen MR) is 139 cm³/mol. The van der Waals surface area contributed by atoms with Crippen LogP contribution in [0.4, 0.5) is 24.7 Å². The highest BCUT2D eigenvalue weighted by Crippen LogP contribution is 2.34. The number of pyridine rings is 1. The van der Waals surface area contributed by atoms with Crippen LogP contribution in [0.25, 0.3) is 11.0 Å². The number of nitrogens with one attached hydrogen (secondary N) is 1. The fourth-order valence-electron chi connectivity index (χ4n) is 3.78. The van der Waals surface area contributed by atoms with Gasteiger partial charge in [0.1, 0.15) is 11.6 Å². The molecule has 1 aliphatic heterocycles. The Hall–Kier alpha value is -2.39. The van der Waals surface area contributed by atoms with Gasteiger partial charge in [0.15, 0.2) is 10.8 Å². The molecule has 0 amide bonds. The van der Waals surface area contributed by atoms with Crippen LogP contribution in [0.2, 0.25) is 5.15 Å². The van der Waals surface area contributed by atoms with Crippen molar-refractivity contribution in [3.63, 3.8) is 0 Å². The summed E-state index contributed by atoms with van der Waals surface area (Å²) in [6.07, 6.45) is -4.39. The summed E-state index contributed by atoms with van der Waals surface area (Å²) in [5.74, 6) is 7.17. The lowest BCUT2D eigenvalue weighted by molar-refractivity contribution is -0.138. The Morgan fingerprint density at radius 2 is 1.79 bits per heavy atom. The first-order valence-corrected chi connectivity index (χ1v) is 13.2. The highest BCUT2D eigenvalue weighted by atomic mass is 35.5. The lowest BCUT2D eigenvalue weighted by Crippen LogP contribution is -2.33. The van der Waals surface area contributed by atoms with E-state index in [2.05, 4.69) is 31.0 Å². The van der Waals surface area contributed by atoms with Crippen LogP contribution < -0.4 is 10.2 Å². The minimum absolute atomic E-state index is 0.167. The van der Waals surface area contributed by atoms with Gasteiger partial charge in [-0.3, -0.25) is 0 Å². The number of alkyl halides is 3. The maximum Gasteiger partial charge on any atom is 0.416 e. The lowest BCUT2D eigenvalue weighted by atomic mass is 10.0. The summed E-state index contributed by atoms with van der Waals surface area (Å²) < 4.78 is 39.8. The molecule has 3 heterocycles. The lowest BCUT2D eigenvalue weighted by Gasteiger charge is -2.31. The Morgan fingerprint density at radius 3 is 2.44 bits per heavy atom. The summed E-state index contributed by atoms with van der Waals surface area (Å²) in [6, 6.07) is 6.11. The van der Waals surface area contributed by atoms with Crippen molar-refractivity contribution in [3.8, 4) is 0 Å². The zero-order valence-corrected chi connectivity index (χ0v) is 21.3. The molecule has 2 aromatic heterocycles. The monoisotopic (exact) mass is 511 g/mol. The molecule has 1 fully saturated rings. The van der Waals surface area contributed by atoms with Crippen LogP contribution in [0.5, 0.6) is 0 Å². The van der Waals surface area contributed by atoms with Gasteiger partial charge in [-0.25, -0.2) is 15.0 Å².